The molecule has 6 nitrogen and oxygen atoms in total. The molecule has 2 aliphatic rings. The number of carbonyl (C=O) groups is 1. The third-order valence-electron chi connectivity index (χ3n) is 5.89. The first-order valence-electron chi connectivity index (χ1n) is 8.75. The molecule has 6 heteroatoms. The maximum absolute atomic E-state index is 11.3. The molecule has 0 aromatic heterocycles. The second kappa shape index (κ2) is 7.32. The van der Waals surface area contributed by atoms with E-state index in [1.165, 1.54) is 0 Å². The number of methoxy groups -OCH3 is 3. The minimum Gasteiger partial charge on any atom is -0.496 e. The summed E-state index contributed by atoms with van der Waals surface area (Å²) in [6.45, 7) is 1.58. The van der Waals surface area contributed by atoms with E-state index in [0.29, 0.717) is 6.54 Å². The van der Waals surface area contributed by atoms with Crippen LogP contribution >= 0.6 is 0 Å². The molecular formula is C19H27NO5. The van der Waals surface area contributed by atoms with Gasteiger partial charge in [0.25, 0.3) is 0 Å². The van der Waals surface area contributed by atoms with Crippen LogP contribution in [-0.4, -0.2) is 61.6 Å². The van der Waals surface area contributed by atoms with Crippen molar-refractivity contribution in [3.63, 3.8) is 0 Å². The van der Waals surface area contributed by atoms with E-state index in [0.717, 1.165) is 43.5 Å². The molecular weight excluding hydrogens is 322 g/mol. The molecule has 1 saturated carbocycles. The lowest BCUT2D eigenvalue weighted by Crippen LogP contribution is -2.51. The first-order valence-corrected chi connectivity index (χ1v) is 8.75. The van der Waals surface area contributed by atoms with Crippen LogP contribution in [0.2, 0.25) is 0 Å². The van der Waals surface area contributed by atoms with E-state index in [4.69, 9.17) is 14.2 Å². The maximum Gasteiger partial charge on any atom is 0.335 e. The number of hydrogen-bond donors (Lipinski definition) is 1. The number of benzene rings is 1. The van der Waals surface area contributed by atoms with Gasteiger partial charge in [0.05, 0.1) is 24.4 Å². The Hall–Kier alpha value is -1.63. The topological polar surface area (TPSA) is 68.2 Å². The van der Waals surface area contributed by atoms with Gasteiger partial charge in [-0.05, 0) is 43.9 Å². The summed E-state index contributed by atoms with van der Waals surface area (Å²) in [4.78, 5) is 13.7. The highest BCUT2D eigenvalue weighted by Gasteiger charge is 2.51. The van der Waals surface area contributed by atoms with Gasteiger partial charge in [-0.25, -0.2) is 4.79 Å². The van der Waals surface area contributed by atoms with Crippen molar-refractivity contribution in [2.24, 2.45) is 0 Å². The van der Waals surface area contributed by atoms with Crippen LogP contribution < -0.4 is 4.74 Å². The fourth-order valence-corrected chi connectivity index (χ4v) is 4.41. The molecule has 0 spiro atoms. The van der Waals surface area contributed by atoms with Crippen LogP contribution in [-0.2, 0) is 16.0 Å². The molecule has 1 aromatic rings. The van der Waals surface area contributed by atoms with Gasteiger partial charge in [0.1, 0.15) is 5.75 Å². The molecule has 1 heterocycles. The molecule has 25 heavy (non-hydrogen) atoms. The van der Waals surface area contributed by atoms with Gasteiger partial charge in [-0.3, -0.25) is 4.90 Å². The normalized spacial score (nSPS) is 29.4. The second-order valence-corrected chi connectivity index (χ2v) is 6.97. The van der Waals surface area contributed by atoms with E-state index in [9.17, 15) is 9.90 Å². The third kappa shape index (κ3) is 3.38. The average molecular weight is 349 g/mol. The minimum absolute atomic E-state index is 0.118. The molecule has 0 amide bonds. The summed E-state index contributed by atoms with van der Waals surface area (Å²) in [7, 11) is 5.18. The van der Waals surface area contributed by atoms with Gasteiger partial charge in [-0.1, -0.05) is 0 Å². The number of carboxylic acids is 1. The van der Waals surface area contributed by atoms with Crippen molar-refractivity contribution in [1.82, 2.24) is 4.90 Å². The van der Waals surface area contributed by atoms with E-state index in [-0.39, 0.29) is 23.3 Å². The monoisotopic (exact) mass is 349 g/mol. The summed E-state index contributed by atoms with van der Waals surface area (Å²) in [5.41, 5.74) is 1.06. The van der Waals surface area contributed by atoms with Crippen molar-refractivity contribution in [1.29, 1.82) is 0 Å². The molecule has 138 valence electrons. The van der Waals surface area contributed by atoms with Crippen molar-refractivity contribution in [3.05, 3.63) is 29.3 Å². The first-order chi connectivity index (χ1) is 12.0. The summed E-state index contributed by atoms with van der Waals surface area (Å²) >= 11 is 0. The maximum atomic E-state index is 11.3. The zero-order chi connectivity index (χ0) is 18.0. The van der Waals surface area contributed by atoms with E-state index in [1.54, 1.807) is 39.5 Å². The highest BCUT2D eigenvalue weighted by Crippen LogP contribution is 2.44. The molecule has 0 bridgehead atoms. The first kappa shape index (κ1) is 18.2. The predicted molar refractivity (Wildman–Crippen MR) is 93.2 cm³/mol. The Balaban J connectivity index is 1.85. The molecule has 1 aliphatic carbocycles. The molecule has 3 atom stereocenters. The van der Waals surface area contributed by atoms with Crippen LogP contribution in [0.25, 0.3) is 0 Å². The van der Waals surface area contributed by atoms with Crippen LogP contribution in [0.1, 0.15) is 41.6 Å². The van der Waals surface area contributed by atoms with Crippen molar-refractivity contribution >= 4 is 5.97 Å². The molecule has 2 fully saturated rings. The standard InChI is InChI=1S/C19H27NO5/c1-23-15-6-7-19(25-3)8-9-20(17(19)11-15)12-14-10-13(18(21)22)4-5-16(14)24-2/h4-5,10,15,17H,6-9,11-12H2,1-3H3,(H,21,22)/t15-,17+,19-/m0/s1. The molecule has 0 unspecified atom stereocenters. The number of ether oxygens (including phenoxy) is 3. The van der Waals surface area contributed by atoms with Crippen LogP contribution in [0, 0.1) is 0 Å². The number of likely N-dealkylation sites (tertiary alicyclic amines) is 1. The fourth-order valence-electron chi connectivity index (χ4n) is 4.41. The molecule has 3 rings (SSSR count). The number of aromatic carboxylic acids is 1. The quantitative estimate of drug-likeness (QED) is 0.851. The van der Waals surface area contributed by atoms with Gasteiger partial charge in [0, 0.05) is 38.9 Å². The highest BCUT2D eigenvalue weighted by molar-refractivity contribution is 5.88. The minimum atomic E-state index is -0.923. The zero-order valence-electron chi connectivity index (χ0n) is 15.2. The lowest BCUT2D eigenvalue weighted by molar-refractivity contribution is -0.0947. The van der Waals surface area contributed by atoms with Crippen molar-refractivity contribution in [3.8, 4) is 5.75 Å². The fraction of sp³-hybridized carbons (Fsp3) is 0.632. The Kier molecular flexibility index (Phi) is 5.32. The van der Waals surface area contributed by atoms with E-state index in [2.05, 4.69) is 4.90 Å². The van der Waals surface area contributed by atoms with E-state index >= 15 is 0 Å². The number of fused-ring (bicyclic) bond motifs is 1. The Morgan fingerprint density at radius 1 is 1.32 bits per heavy atom. The third-order valence-corrected chi connectivity index (χ3v) is 5.89. The predicted octanol–water partition coefficient (Wildman–Crippen LogP) is 2.55. The number of hydrogen-bond acceptors (Lipinski definition) is 5. The SMILES string of the molecule is COc1ccc(C(=O)O)cc1CN1CC[C@@]2(OC)CC[C@H](OC)C[C@@H]12. The van der Waals surface area contributed by atoms with Gasteiger partial charge < -0.3 is 19.3 Å². The largest absolute Gasteiger partial charge is 0.496 e. The van der Waals surface area contributed by atoms with Gasteiger partial charge in [0.2, 0.25) is 0 Å². The molecule has 1 saturated heterocycles. The molecule has 1 aromatic carbocycles. The number of nitrogens with zero attached hydrogens (tertiary/aromatic N) is 1. The highest BCUT2D eigenvalue weighted by atomic mass is 16.5. The lowest BCUT2D eigenvalue weighted by atomic mass is 9.79. The van der Waals surface area contributed by atoms with Gasteiger partial charge in [0.15, 0.2) is 0 Å². The van der Waals surface area contributed by atoms with Crippen LogP contribution in [0.4, 0.5) is 0 Å². The zero-order valence-corrected chi connectivity index (χ0v) is 15.2. The summed E-state index contributed by atoms with van der Waals surface area (Å²) in [5, 5.41) is 9.28. The van der Waals surface area contributed by atoms with Crippen molar-refractivity contribution in [2.75, 3.05) is 27.9 Å². The molecule has 1 N–H and O–H groups in total. The van der Waals surface area contributed by atoms with Crippen LogP contribution in [0.3, 0.4) is 0 Å². The Labute approximate surface area is 148 Å². The molecule has 1 aliphatic heterocycles. The summed E-state index contributed by atoms with van der Waals surface area (Å²) < 4.78 is 17.0. The number of rotatable bonds is 6. The van der Waals surface area contributed by atoms with Gasteiger partial charge in [-0.15, -0.1) is 0 Å². The van der Waals surface area contributed by atoms with Crippen LogP contribution in [0.15, 0.2) is 18.2 Å². The Morgan fingerprint density at radius 3 is 2.76 bits per heavy atom. The average Bonchev–Trinajstić information content (AvgIpc) is 2.99. The molecule has 0 radical (unpaired) electrons. The summed E-state index contributed by atoms with van der Waals surface area (Å²) in [6, 6.07) is 5.30. The summed E-state index contributed by atoms with van der Waals surface area (Å²) in [6.07, 6.45) is 4.19. The van der Waals surface area contributed by atoms with Crippen molar-refractivity contribution < 1.29 is 24.1 Å². The number of carboxylic acid groups (broad SMARTS) is 1. The smallest absolute Gasteiger partial charge is 0.335 e. The second-order valence-electron chi connectivity index (χ2n) is 6.97. The lowest BCUT2D eigenvalue weighted by Gasteiger charge is -2.43. The van der Waals surface area contributed by atoms with Gasteiger partial charge >= 0.3 is 5.97 Å². The Morgan fingerprint density at radius 2 is 2.12 bits per heavy atom. The van der Waals surface area contributed by atoms with Crippen LogP contribution in [0.5, 0.6) is 5.75 Å². The van der Waals surface area contributed by atoms with Gasteiger partial charge in [-0.2, -0.15) is 0 Å². The van der Waals surface area contributed by atoms with E-state index < -0.39 is 5.97 Å². The summed E-state index contributed by atoms with van der Waals surface area (Å²) in [5.74, 6) is -0.201. The van der Waals surface area contributed by atoms with Crippen molar-refractivity contribution in [2.45, 2.75) is 50.0 Å². The Bertz CT molecular complexity index is 634. The van der Waals surface area contributed by atoms with E-state index in [1.807, 2.05) is 0 Å².